The molecule has 112 valence electrons. The molecule has 3 rings (SSSR count). The van der Waals surface area contributed by atoms with E-state index in [0.29, 0.717) is 18.3 Å². The lowest BCUT2D eigenvalue weighted by molar-refractivity contribution is 0.443. The molecule has 5 nitrogen and oxygen atoms in total. The fraction of sp³-hybridized carbons (Fsp3) is 0.500. The van der Waals surface area contributed by atoms with Crippen molar-refractivity contribution in [3.63, 3.8) is 0 Å². The zero-order valence-electron chi connectivity index (χ0n) is 12.2. The Labute approximate surface area is 125 Å². The number of nitrogens with zero attached hydrogens (tertiary/aromatic N) is 3. The zero-order valence-corrected chi connectivity index (χ0v) is 12.2. The predicted octanol–water partition coefficient (Wildman–Crippen LogP) is 2.69. The highest BCUT2D eigenvalue weighted by Gasteiger charge is 2.19. The molecule has 0 radical (unpaired) electrons. The third-order valence-electron chi connectivity index (χ3n) is 3.92. The molecule has 0 aliphatic carbocycles. The molecule has 0 unspecified atom stereocenters. The van der Waals surface area contributed by atoms with Crippen LogP contribution in [0.15, 0.2) is 34.7 Å². The molecule has 0 saturated carbocycles. The molecule has 1 saturated heterocycles. The summed E-state index contributed by atoms with van der Waals surface area (Å²) in [5.74, 6) is 0.526. The maximum Gasteiger partial charge on any atom is 0.318 e. The van der Waals surface area contributed by atoms with Gasteiger partial charge in [0.15, 0.2) is 0 Å². The molecule has 2 N–H and O–H groups in total. The molecule has 1 aliphatic rings. The second-order valence-electron chi connectivity index (χ2n) is 5.62. The number of nitrogens with two attached hydrogens (primary N) is 1. The Hall–Kier alpha value is -1.88. The number of anilines is 1. The van der Waals surface area contributed by atoms with Crippen LogP contribution < -0.4 is 10.6 Å². The van der Waals surface area contributed by atoms with Crippen LogP contribution in [0.1, 0.15) is 43.2 Å². The van der Waals surface area contributed by atoms with E-state index >= 15 is 0 Å². The number of rotatable bonds is 4. The number of aromatic nitrogens is 2. The highest BCUT2D eigenvalue weighted by atomic mass is 16.4. The van der Waals surface area contributed by atoms with Gasteiger partial charge >= 0.3 is 6.01 Å². The van der Waals surface area contributed by atoms with Crippen molar-refractivity contribution in [2.45, 2.75) is 38.1 Å². The normalized spacial score (nSPS) is 17.5. The number of benzene rings is 1. The first-order valence-electron chi connectivity index (χ1n) is 7.71. The van der Waals surface area contributed by atoms with Crippen molar-refractivity contribution in [1.82, 2.24) is 10.2 Å². The Bertz CT molecular complexity index is 546. The van der Waals surface area contributed by atoms with E-state index in [9.17, 15) is 0 Å². The van der Waals surface area contributed by atoms with Gasteiger partial charge < -0.3 is 15.1 Å². The van der Waals surface area contributed by atoms with E-state index in [0.717, 1.165) is 13.1 Å². The van der Waals surface area contributed by atoms with Crippen molar-refractivity contribution in [2.75, 3.05) is 18.0 Å². The first-order chi connectivity index (χ1) is 10.3. The van der Waals surface area contributed by atoms with Crippen LogP contribution in [-0.2, 0) is 6.42 Å². The molecule has 5 heteroatoms. The summed E-state index contributed by atoms with van der Waals surface area (Å²) in [4.78, 5) is 2.18. The standard InChI is InChI=1S/C16H22N4O/c17-14(12-13-8-4-3-5-9-13)15-18-19-16(21-15)20-10-6-1-2-7-11-20/h3-5,8-9,14H,1-2,6-7,10-12,17H2/t14-/m1/s1. The Morgan fingerprint density at radius 1 is 1.05 bits per heavy atom. The largest absolute Gasteiger partial charge is 0.406 e. The van der Waals surface area contributed by atoms with E-state index in [1.165, 1.54) is 31.2 Å². The Kier molecular flexibility index (Phi) is 4.50. The molecule has 0 spiro atoms. The van der Waals surface area contributed by atoms with Crippen LogP contribution in [-0.4, -0.2) is 23.3 Å². The van der Waals surface area contributed by atoms with Crippen molar-refractivity contribution in [1.29, 1.82) is 0 Å². The second kappa shape index (κ2) is 6.72. The molecule has 0 bridgehead atoms. The molecular formula is C16H22N4O. The number of hydrogen-bond donors (Lipinski definition) is 1. The fourth-order valence-corrected chi connectivity index (χ4v) is 2.72. The van der Waals surface area contributed by atoms with E-state index in [-0.39, 0.29) is 6.04 Å². The van der Waals surface area contributed by atoms with Crippen LogP contribution >= 0.6 is 0 Å². The van der Waals surface area contributed by atoms with Gasteiger partial charge in [0.05, 0.1) is 6.04 Å². The summed E-state index contributed by atoms with van der Waals surface area (Å²) in [7, 11) is 0. The number of hydrogen-bond acceptors (Lipinski definition) is 5. The maximum atomic E-state index is 6.19. The molecule has 2 aromatic rings. The Morgan fingerprint density at radius 2 is 1.76 bits per heavy atom. The monoisotopic (exact) mass is 286 g/mol. The molecule has 1 aliphatic heterocycles. The molecular weight excluding hydrogens is 264 g/mol. The molecule has 0 amide bonds. The van der Waals surface area contributed by atoms with Gasteiger partial charge in [-0.2, -0.15) is 0 Å². The lowest BCUT2D eigenvalue weighted by Gasteiger charge is -2.16. The van der Waals surface area contributed by atoms with Gasteiger partial charge in [0.25, 0.3) is 0 Å². The summed E-state index contributed by atoms with van der Waals surface area (Å²) >= 11 is 0. The van der Waals surface area contributed by atoms with Gasteiger partial charge in [-0.15, -0.1) is 5.10 Å². The molecule has 1 aromatic heterocycles. The van der Waals surface area contributed by atoms with Crippen LogP contribution in [0.4, 0.5) is 6.01 Å². The average molecular weight is 286 g/mol. The van der Waals surface area contributed by atoms with E-state index in [4.69, 9.17) is 10.2 Å². The molecule has 21 heavy (non-hydrogen) atoms. The van der Waals surface area contributed by atoms with Crippen molar-refractivity contribution < 1.29 is 4.42 Å². The van der Waals surface area contributed by atoms with E-state index in [1.807, 2.05) is 18.2 Å². The van der Waals surface area contributed by atoms with Crippen LogP contribution in [0.5, 0.6) is 0 Å². The SMILES string of the molecule is N[C@H](Cc1ccccc1)c1nnc(N2CCCCCC2)o1. The van der Waals surface area contributed by atoms with Crippen LogP contribution in [0.3, 0.4) is 0 Å². The fourth-order valence-electron chi connectivity index (χ4n) is 2.72. The van der Waals surface area contributed by atoms with E-state index < -0.39 is 0 Å². The zero-order chi connectivity index (χ0) is 14.5. The summed E-state index contributed by atoms with van der Waals surface area (Å²) in [6.45, 7) is 1.99. The maximum absolute atomic E-state index is 6.19. The third kappa shape index (κ3) is 3.61. The van der Waals surface area contributed by atoms with Gasteiger partial charge in [0.1, 0.15) is 0 Å². The highest BCUT2D eigenvalue weighted by molar-refractivity contribution is 5.25. The summed E-state index contributed by atoms with van der Waals surface area (Å²) in [5, 5.41) is 8.31. The van der Waals surface area contributed by atoms with Crippen molar-refractivity contribution in [3.8, 4) is 0 Å². The Morgan fingerprint density at radius 3 is 2.48 bits per heavy atom. The van der Waals surface area contributed by atoms with Crippen LogP contribution in [0, 0.1) is 0 Å². The molecule has 1 fully saturated rings. The second-order valence-corrected chi connectivity index (χ2v) is 5.62. The van der Waals surface area contributed by atoms with Gasteiger partial charge in [0.2, 0.25) is 5.89 Å². The van der Waals surface area contributed by atoms with Crippen molar-refractivity contribution in [2.24, 2.45) is 5.73 Å². The van der Waals surface area contributed by atoms with E-state index in [2.05, 4.69) is 27.2 Å². The lowest BCUT2D eigenvalue weighted by atomic mass is 10.1. The minimum Gasteiger partial charge on any atom is -0.406 e. The van der Waals surface area contributed by atoms with Crippen molar-refractivity contribution in [3.05, 3.63) is 41.8 Å². The topological polar surface area (TPSA) is 68.2 Å². The quantitative estimate of drug-likeness (QED) is 0.936. The highest BCUT2D eigenvalue weighted by Crippen LogP contribution is 2.21. The third-order valence-corrected chi connectivity index (χ3v) is 3.92. The first-order valence-corrected chi connectivity index (χ1v) is 7.71. The summed E-state index contributed by atoms with van der Waals surface area (Å²) in [6.07, 6.45) is 5.65. The minimum absolute atomic E-state index is 0.249. The Balaban J connectivity index is 1.66. The van der Waals surface area contributed by atoms with Gasteiger partial charge in [-0.05, 0) is 24.8 Å². The summed E-state index contributed by atoms with van der Waals surface area (Å²) < 4.78 is 5.79. The minimum atomic E-state index is -0.249. The smallest absolute Gasteiger partial charge is 0.318 e. The average Bonchev–Trinajstić information content (AvgIpc) is 2.85. The lowest BCUT2D eigenvalue weighted by Crippen LogP contribution is -2.24. The molecule has 1 atom stereocenters. The van der Waals surface area contributed by atoms with Gasteiger partial charge in [-0.1, -0.05) is 48.3 Å². The molecule has 1 aromatic carbocycles. The van der Waals surface area contributed by atoms with Gasteiger partial charge in [0, 0.05) is 13.1 Å². The van der Waals surface area contributed by atoms with Gasteiger partial charge in [-0.25, -0.2) is 0 Å². The van der Waals surface area contributed by atoms with Crippen LogP contribution in [0.2, 0.25) is 0 Å². The predicted molar refractivity (Wildman–Crippen MR) is 82.1 cm³/mol. The first kappa shape index (κ1) is 14.1. The van der Waals surface area contributed by atoms with Gasteiger partial charge in [-0.3, -0.25) is 0 Å². The summed E-state index contributed by atoms with van der Waals surface area (Å²) in [5.41, 5.74) is 7.37. The summed E-state index contributed by atoms with van der Waals surface area (Å²) in [6, 6.07) is 10.5. The van der Waals surface area contributed by atoms with E-state index in [1.54, 1.807) is 0 Å². The molecule has 2 heterocycles. The van der Waals surface area contributed by atoms with Crippen molar-refractivity contribution >= 4 is 6.01 Å². The van der Waals surface area contributed by atoms with Crippen LogP contribution in [0.25, 0.3) is 0 Å².